The van der Waals surface area contributed by atoms with E-state index in [-0.39, 0.29) is 23.9 Å². The molecule has 0 unspecified atom stereocenters. The predicted molar refractivity (Wildman–Crippen MR) is 105 cm³/mol. The van der Waals surface area contributed by atoms with E-state index < -0.39 is 0 Å². The van der Waals surface area contributed by atoms with Crippen LogP contribution in [0.1, 0.15) is 56.3 Å². The van der Waals surface area contributed by atoms with E-state index in [9.17, 15) is 9.59 Å². The summed E-state index contributed by atoms with van der Waals surface area (Å²) in [7, 11) is 3.57. The molecule has 5 rings (SSSR count). The van der Waals surface area contributed by atoms with E-state index in [0.29, 0.717) is 50.7 Å². The van der Waals surface area contributed by atoms with Gasteiger partial charge >= 0.3 is 0 Å². The van der Waals surface area contributed by atoms with Gasteiger partial charge in [0.2, 0.25) is 0 Å². The van der Waals surface area contributed by atoms with Gasteiger partial charge in [-0.2, -0.15) is 10.2 Å². The molecular formula is C20H26N6O4. The summed E-state index contributed by atoms with van der Waals surface area (Å²) in [5.74, 6) is -0.270. The maximum Gasteiger partial charge on any atom is 0.270 e. The van der Waals surface area contributed by atoms with Crippen molar-refractivity contribution in [3.63, 3.8) is 0 Å². The Hall–Kier alpha value is -2.72. The van der Waals surface area contributed by atoms with E-state index >= 15 is 0 Å². The van der Waals surface area contributed by atoms with Crippen LogP contribution in [0.25, 0.3) is 0 Å². The molecule has 2 aromatic heterocycles. The van der Waals surface area contributed by atoms with Crippen LogP contribution >= 0.6 is 0 Å². The Balaban J connectivity index is 1.18. The Bertz CT molecular complexity index is 925. The molecule has 2 amide bonds. The monoisotopic (exact) mass is 414 g/mol. The highest BCUT2D eigenvalue weighted by Gasteiger charge is 2.35. The second-order valence-corrected chi connectivity index (χ2v) is 8.21. The van der Waals surface area contributed by atoms with Gasteiger partial charge < -0.3 is 20.1 Å². The van der Waals surface area contributed by atoms with Crippen LogP contribution in [-0.2, 0) is 49.6 Å². The molecule has 2 aliphatic heterocycles. The molecule has 30 heavy (non-hydrogen) atoms. The molecule has 10 nitrogen and oxygen atoms in total. The molecule has 4 heterocycles. The van der Waals surface area contributed by atoms with E-state index in [1.54, 1.807) is 23.5 Å². The van der Waals surface area contributed by atoms with Crippen molar-refractivity contribution in [1.29, 1.82) is 0 Å². The zero-order valence-electron chi connectivity index (χ0n) is 17.2. The van der Waals surface area contributed by atoms with Gasteiger partial charge in [-0.05, 0) is 12.8 Å². The molecule has 0 atom stereocenters. The zero-order chi connectivity index (χ0) is 20.8. The Kier molecular flexibility index (Phi) is 4.82. The zero-order valence-corrected chi connectivity index (χ0v) is 17.2. The topological polar surface area (TPSA) is 112 Å². The van der Waals surface area contributed by atoms with Crippen LogP contribution in [0.3, 0.4) is 0 Å². The number of ether oxygens (including phenoxy) is 2. The molecule has 2 N–H and O–H groups in total. The molecule has 160 valence electrons. The third-order valence-electron chi connectivity index (χ3n) is 6.15. The van der Waals surface area contributed by atoms with Crippen molar-refractivity contribution in [3.8, 4) is 0 Å². The molecule has 1 saturated carbocycles. The molecule has 1 aliphatic carbocycles. The number of carbonyl (C=O) groups excluding carboxylic acids is 2. The Morgan fingerprint density at radius 2 is 1.27 bits per heavy atom. The predicted octanol–water partition coefficient (Wildman–Crippen LogP) is -0.0102. The van der Waals surface area contributed by atoms with Crippen LogP contribution in [-0.4, -0.2) is 56.7 Å². The number of hydrogen-bond donors (Lipinski definition) is 2. The van der Waals surface area contributed by atoms with Gasteiger partial charge in [0.15, 0.2) is 0 Å². The Labute approximate surface area is 173 Å². The van der Waals surface area contributed by atoms with E-state index in [1.165, 1.54) is 0 Å². The number of aryl methyl sites for hydroxylation is 2. The first-order valence-corrected chi connectivity index (χ1v) is 10.4. The van der Waals surface area contributed by atoms with Crippen molar-refractivity contribution in [1.82, 2.24) is 30.2 Å². The number of amides is 2. The number of nitrogens with zero attached hydrogens (tertiary/aromatic N) is 4. The highest BCUT2D eigenvalue weighted by molar-refractivity contribution is 5.95. The lowest BCUT2D eigenvalue weighted by atomic mass is 9.86. The maximum atomic E-state index is 12.8. The molecule has 2 aromatic rings. The Morgan fingerprint density at radius 3 is 1.70 bits per heavy atom. The van der Waals surface area contributed by atoms with Gasteiger partial charge in [0.05, 0.1) is 37.8 Å². The van der Waals surface area contributed by atoms with Crippen molar-refractivity contribution < 1.29 is 19.1 Å². The fourth-order valence-corrected chi connectivity index (χ4v) is 4.57. The first-order chi connectivity index (χ1) is 14.5. The van der Waals surface area contributed by atoms with E-state index in [2.05, 4.69) is 20.8 Å². The van der Waals surface area contributed by atoms with Crippen LogP contribution in [0.5, 0.6) is 0 Å². The standard InChI is InChI=1S/C20H26N6O4/c1-25-17(13-9-29-5-3-15(13)23-25)19(27)21-11-7-12(8-11)22-20(28)18-14-10-30-6-4-16(14)24-26(18)2/h11-12H,3-10H2,1-2H3,(H,21,27)(H,22,28). The van der Waals surface area contributed by atoms with Crippen molar-refractivity contribution in [2.24, 2.45) is 14.1 Å². The first kappa shape index (κ1) is 19.3. The van der Waals surface area contributed by atoms with E-state index in [0.717, 1.165) is 35.4 Å². The van der Waals surface area contributed by atoms with Gasteiger partial charge in [0, 0.05) is 50.1 Å². The second kappa shape index (κ2) is 7.51. The summed E-state index contributed by atoms with van der Waals surface area (Å²) < 4.78 is 14.3. The summed E-state index contributed by atoms with van der Waals surface area (Å²) >= 11 is 0. The van der Waals surface area contributed by atoms with Crippen molar-refractivity contribution in [3.05, 3.63) is 33.9 Å². The number of fused-ring (bicyclic) bond motifs is 2. The lowest BCUT2D eigenvalue weighted by molar-refractivity contribution is 0.0835. The van der Waals surface area contributed by atoms with Crippen LogP contribution in [0.2, 0.25) is 0 Å². The average molecular weight is 414 g/mol. The number of hydrogen-bond acceptors (Lipinski definition) is 6. The summed E-state index contributed by atoms with van der Waals surface area (Å²) in [6.07, 6.45) is 2.86. The van der Waals surface area contributed by atoms with Crippen molar-refractivity contribution in [2.75, 3.05) is 13.2 Å². The molecule has 0 saturated heterocycles. The summed E-state index contributed by atoms with van der Waals surface area (Å²) in [5.41, 5.74) is 4.78. The molecule has 1 fully saturated rings. The Morgan fingerprint density at radius 1 is 0.833 bits per heavy atom. The van der Waals surface area contributed by atoms with E-state index in [4.69, 9.17) is 9.47 Å². The number of rotatable bonds is 4. The largest absolute Gasteiger partial charge is 0.376 e. The highest BCUT2D eigenvalue weighted by Crippen LogP contribution is 2.25. The first-order valence-electron chi connectivity index (χ1n) is 10.4. The van der Waals surface area contributed by atoms with Gasteiger partial charge in [-0.1, -0.05) is 0 Å². The third kappa shape index (κ3) is 3.29. The maximum absolute atomic E-state index is 12.8. The molecule has 3 aliphatic rings. The van der Waals surface area contributed by atoms with Crippen LogP contribution in [0.15, 0.2) is 0 Å². The van der Waals surface area contributed by atoms with Gasteiger partial charge in [-0.15, -0.1) is 0 Å². The molecule has 0 bridgehead atoms. The third-order valence-corrected chi connectivity index (χ3v) is 6.15. The summed E-state index contributed by atoms with van der Waals surface area (Å²) in [4.78, 5) is 25.6. The fraction of sp³-hybridized carbons (Fsp3) is 0.600. The average Bonchev–Trinajstić information content (AvgIpc) is 3.21. The second-order valence-electron chi connectivity index (χ2n) is 8.21. The van der Waals surface area contributed by atoms with Gasteiger partial charge in [-0.25, -0.2) is 0 Å². The lowest BCUT2D eigenvalue weighted by Gasteiger charge is -2.36. The minimum atomic E-state index is -0.135. The van der Waals surface area contributed by atoms with Crippen LogP contribution < -0.4 is 10.6 Å². The molecule has 0 aromatic carbocycles. The van der Waals surface area contributed by atoms with Gasteiger partial charge in [-0.3, -0.25) is 19.0 Å². The summed E-state index contributed by atoms with van der Waals surface area (Å²) in [5, 5.41) is 15.0. The van der Waals surface area contributed by atoms with Crippen molar-refractivity contribution in [2.45, 2.75) is 51.0 Å². The van der Waals surface area contributed by atoms with E-state index in [1.807, 2.05) is 0 Å². The van der Waals surface area contributed by atoms with Crippen LogP contribution in [0.4, 0.5) is 0 Å². The summed E-state index contributed by atoms with van der Waals surface area (Å²) in [6.45, 7) is 2.13. The quantitative estimate of drug-likeness (QED) is 0.728. The normalized spacial score (nSPS) is 22.6. The van der Waals surface area contributed by atoms with Gasteiger partial charge in [0.25, 0.3) is 11.8 Å². The minimum absolute atomic E-state index is 0.0293. The highest BCUT2D eigenvalue weighted by atomic mass is 16.5. The number of carbonyl (C=O) groups is 2. The number of nitrogens with one attached hydrogen (secondary N) is 2. The molecule has 0 spiro atoms. The fourth-order valence-electron chi connectivity index (χ4n) is 4.57. The molecule has 0 radical (unpaired) electrons. The molecular weight excluding hydrogens is 388 g/mol. The lowest BCUT2D eigenvalue weighted by Crippen LogP contribution is -2.54. The van der Waals surface area contributed by atoms with Crippen molar-refractivity contribution >= 4 is 11.8 Å². The van der Waals surface area contributed by atoms with Gasteiger partial charge in [0.1, 0.15) is 11.4 Å². The molecule has 10 heteroatoms. The minimum Gasteiger partial charge on any atom is -0.376 e. The smallest absolute Gasteiger partial charge is 0.270 e. The van der Waals surface area contributed by atoms with Crippen LogP contribution in [0, 0.1) is 0 Å². The SMILES string of the molecule is Cn1nc2c(c1C(=O)NC1CC(NC(=O)c3c4c(nn3C)CCOC4)C1)COCC2. The summed E-state index contributed by atoms with van der Waals surface area (Å²) in [6, 6.07) is 0.0586. The number of aromatic nitrogens is 4.